The molecule has 0 aliphatic carbocycles. The van der Waals surface area contributed by atoms with Gasteiger partial charge in [-0.05, 0) is 50.9 Å². The van der Waals surface area contributed by atoms with Crippen LogP contribution < -0.4 is 5.32 Å². The van der Waals surface area contributed by atoms with Gasteiger partial charge in [0.15, 0.2) is 0 Å². The summed E-state index contributed by atoms with van der Waals surface area (Å²) in [5.74, 6) is 0.110. The van der Waals surface area contributed by atoms with Crippen molar-refractivity contribution in [1.82, 2.24) is 10.2 Å². The molecule has 1 unspecified atom stereocenters. The summed E-state index contributed by atoms with van der Waals surface area (Å²) >= 11 is 0. The van der Waals surface area contributed by atoms with Crippen molar-refractivity contribution in [2.24, 2.45) is 0 Å². The molecule has 1 aromatic rings. The first-order valence-electron chi connectivity index (χ1n) is 8.03. The number of carbonyl (C=O) groups excluding carboxylic acids is 1. The summed E-state index contributed by atoms with van der Waals surface area (Å²) in [6, 6.07) is 5.59. The maximum Gasteiger partial charge on any atom is 0.262 e. The van der Waals surface area contributed by atoms with Gasteiger partial charge in [0.25, 0.3) is 5.91 Å². The van der Waals surface area contributed by atoms with Crippen LogP contribution in [0.2, 0.25) is 0 Å². The van der Waals surface area contributed by atoms with Crippen molar-refractivity contribution in [3.63, 3.8) is 0 Å². The Balaban J connectivity index is 1.67. The molecule has 6 nitrogen and oxygen atoms in total. The van der Waals surface area contributed by atoms with E-state index in [-0.39, 0.29) is 18.1 Å². The molecule has 1 aliphatic heterocycles. The van der Waals surface area contributed by atoms with Gasteiger partial charge in [-0.3, -0.25) is 9.69 Å². The number of unbranched alkanes of at least 4 members (excludes halogenated alkanes) is 1. The Morgan fingerprint density at radius 2 is 2.43 bits per heavy atom. The van der Waals surface area contributed by atoms with Gasteiger partial charge in [0.2, 0.25) is 0 Å². The standard InChI is InChI=1S/C17H23N3O3/c18-12-14(11-16-6-4-10-23-16)17(22)19-7-1-2-8-20-9-3-5-15(20)13-21/h4,6,10-11,15,21H,1-3,5,7-9,13H2,(H,19,22)/b14-11+. The molecule has 1 atom stereocenters. The predicted octanol–water partition coefficient (Wildman–Crippen LogP) is 1.54. The van der Waals surface area contributed by atoms with Crippen LogP contribution >= 0.6 is 0 Å². The van der Waals surface area contributed by atoms with Gasteiger partial charge in [-0.25, -0.2) is 0 Å². The molecule has 0 radical (unpaired) electrons. The molecule has 23 heavy (non-hydrogen) atoms. The van der Waals surface area contributed by atoms with E-state index in [0.29, 0.717) is 18.3 Å². The lowest BCUT2D eigenvalue weighted by atomic mass is 10.2. The lowest BCUT2D eigenvalue weighted by Crippen LogP contribution is -2.33. The Bertz CT molecular complexity index is 560. The molecule has 2 N–H and O–H groups in total. The lowest BCUT2D eigenvalue weighted by Gasteiger charge is -2.22. The van der Waals surface area contributed by atoms with E-state index in [9.17, 15) is 9.90 Å². The van der Waals surface area contributed by atoms with Crippen molar-refractivity contribution in [3.05, 3.63) is 29.7 Å². The fourth-order valence-electron chi connectivity index (χ4n) is 2.80. The molecule has 2 heterocycles. The van der Waals surface area contributed by atoms with Gasteiger partial charge >= 0.3 is 0 Å². The molecule has 1 saturated heterocycles. The smallest absolute Gasteiger partial charge is 0.262 e. The highest BCUT2D eigenvalue weighted by Gasteiger charge is 2.22. The number of nitrogens with one attached hydrogen (secondary N) is 1. The van der Waals surface area contributed by atoms with E-state index < -0.39 is 0 Å². The highest BCUT2D eigenvalue weighted by Crippen LogP contribution is 2.16. The lowest BCUT2D eigenvalue weighted by molar-refractivity contribution is -0.117. The molecule has 6 heteroatoms. The van der Waals surface area contributed by atoms with E-state index in [4.69, 9.17) is 9.68 Å². The average Bonchev–Trinajstić information content (AvgIpc) is 3.23. The van der Waals surface area contributed by atoms with Crippen LogP contribution in [0.3, 0.4) is 0 Å². The number of hydrogen-bond acceptors (Lipinski definition) is 5. The van der Waals surface area contributed by atoms with Crippen LogP contribution in [-0.4, -0.2) is 48.2 Å². The maximum absolute atomic E-state index is 11.9. The second kappa shape index (κ2) is 9.13. The monoisotopic (exact) mass is 317 g/mol. The molecular weight excluding hydrogens is 294 g/mol. The Morgan fingerprint density at radius 3 is 3.13 bits per heavy atom. The molecule has 0 saturated carbocycles. The minimum atomic E-state index is -0.377. The van der Waals surface area contributed by atoms with Gasteiger partial charge in [-0.2, -0.15) is 5.26 Å². The number of carbonyl (C=O) groups is 1. The average molecular weight is 317 g/mol. The zero-order valence-corrected chi connectivity index (χ0v) is 13.2. The Kier molecular flexibility index (Phi) is 6.85. The van der Waals surface area contributed by atoms with Crippen LogP contribution in [0.1, 0.15) is 31.4 Å². The maximum atomic E-state index is 11.9. The van der Waals surface area contributed by atoms with Crippen molar-refractivity contribution in [2.75, 3.05) is 26.2 Å². The van der Waals surface area contributed by atoms with Gasteiger partial charge in [-0.1, -0.05) is 0 Å². The van der Waals surface area contributed by atoms with E-state index in [1.54, 1.807) is 12.1 Å². The van der Waals surface area contributed by atoms with Crippen LogP contribution in [0.15, 0.2) is 28.4 Å². The third-order valence-corrected chi connectivity index (χ3v) is 4.06. The van der Waals surface area contributed by atoms with Gasteiger partial charge in [0.1, 0.15) is 17.4 Å². The van der Waals surface area contributed by atoms with E-state index in [0.717, 1.165) is 38.8 Å². The quantitative estimate of drug-likeness (QED) is 0.431. The zero-order chi connectivity index (χ0) is 16.5. The second-order valence-corrected chi connectivity index (χ2v) is 5.66. The van der Waals surface area contributed by atoms with Gasteiger partial charge < -0.3 is 14.8 Å². The number of aliphatic hydroxyl groups excluding tert-OH is 1. The van der Waals surface area contributed by atoms with Crippen LogP contribution in [0, 0.1) is 11.3 Å². The number of amides is 1. The minimum absolute atomic E-state index is 0.0415. The zero-order valence-electron chi connectivity index (χ0n) is 13.2. The summed E-state index contributed by atoms with van der Waals surface area (Å²) in [7, 11) is 0. The highest BCUT2D eigenvalue weighted by atomic mass is 16.3. The number of nitrogens with zero attached hydrogens (tertiary/aromatic N) is 2. The summed E-state index contributed by atoms with van der Waals surface area (Å²) in [6.07, 6.45) is 6.95. The van der Waals surface area contributed by atoms with Gasteiger partial charge in [-0.15, -0.1) is 0 Å². The van der Waals surface area contributed by atoms with E-state index in [1.165, 1.54) is 12.3 Å². The summed E-state index contributed by atoms with van der Waals surface area (Å²) in [6.45, 7) is 2.74. The SMILES string of the molecule is N#C/C(=C\c1ccco1)C(=O)NCCCCN1CCCC1CO. The molecule has 0 aromatic carbocycles. The number of likely N-dealkylation sites (tertiary alicyclic amines) is 1. The van der Waals surface area contributed by atoms with Crippen molar-refractivity contribution < 1.29 is 14.3 Å². The topological polar surface area (TPSA) is 89.5 Å². The summed E-state index contributed by atoms with van der Waals surface area (Å²) in [4.78, 5) is 14.2. The molecule has 0 bridgehead atoms. The summed E-state index contributed by atoms with van der Waals surface area (Å²) < 4.78 is 5.10. The van der Waals surface area contributed by atoms with Crippen molar-refractivity contribution >= 4 is 12.0 Å². The first-order chi connectivity index (χ1) is 11.2. The third-order valence-electron chi connectivity index (χ3n) is 4.06. The Labute approximate surface area is 136 Å². The van der Waals surface area contributed by atoms with Crippen LogP contribution in [0.5, 0.6) is 0 Å². The first kappa shape index (κ1) is 17.3. The summed E-state index contributed by atoms with van der Waals surface area (Å²) in [5.41, 5.74) is 0.0415. The minimum Gasteiger partial charge on any atom is -0.465 e. The molecule has 1 amide bonds. The molecule has 1 fully saturated rings. The van der Waals surface area contributed by atoms with Crippen LogP contribution in [0.4, 0.5) is 0 Å². The normalized spacial score (nSPS) is 18.8. The van der Waals surface area contributed by atoms with Gasteiger partial charge in [0, 0.05) is 18.7 Å². The largest absolute Gasteiger partial charge is 0.465 e. The predicted molar refractivity (Wildman–Crippen MR) is 86.2 cm³/mol. The van der Waals surface area contributed by atoms with E-state index in [2.05, 4.69) is 10.2 Å². The van der Waals surface area contributed by atoms with Crippen LogP contribution in [0.25, 0.3) is 6.08 Å². The molecule has 1 aromatic heterocycles. The van der Waals surface area contributed by atoms with Crippen molar-refractivity contribution in [2.45, 2.75) is 31.7 Å². The number of hydrogen-bond donors (Lipinski definition) is 2. The number of rotatable bonds is 8. The molecule has 2 rings (SSSR count). The Hall–Kier alpha value is -2.10. The van der Waals surface area contributed by atoms with E-state index in [1.807, 2.05) is 6.07 Å². The molecule has 124 valence electrons. The molecule has 1 aliphatic rings. The first-order valence-corrected chi connectivity index (χ1v) is 8.03. The number of nitriles is 1. The number of aliphatic hydroxyl groups is 1. The summed E-state index contributed by atoms with van der Waals surface area (Å²) in [5, 5.41) is 21.1. The molecular formula is C17H23N3O3. The fourth-order valence-corrected chi connectivity index (χ4v) is 2.80. The fraction of sp³-hybridized carbons (Fsp3) is 0.529. The van der Waals surface area contributed by atoms with Gasteiger partial charge in [0.05, 0.1) is 12.9 Å². The highest BCUT2D eigenvalue weighted by molar-refractivity contribution is 6.01. The third kappa shape index (κ3) is 5.23. The van der Waals surface area contributed by atoms with Crippen LogP contribution in [-0.2, 0) is 4.79 Å². The van der Waals surface area contributed by atoms with Crippen molar-refractivity contribution in [1.29, 1.82) is 5.26 Å². The number of furan rings is 1. The second-order valence-electron chi connectivity index (χ2n) is 5.66. The van der Waals surface area contributed by atoms with E-state index >= 15 is 0 Å². The Morgan fingerprint density at radius 1 is 1.57 bits per heavy atom. The van der Waals surface area contributed by atoms with Crippen molar-refractivity contribution in [3.8, 4) is 6.07 Å². The molecule has 0 spiro atoms.